The molecule has 0 amide bonds. The van der Waals surface area contributed by atoms with Crippen molar-refractivity contribution in [2.45, 2.75) is 32.6 Å². The van der Waals surface area contributed by atoms with E-state index in [1.807, 2.05) is 18.2 Å². The Morgan fingerprint density at radius 1 is 1.06 bits per heavy atom. The first-order valence-corrected chi connectivity index (χ1v) is 6.79. The minimum absolute atomic E-state index is 0.815. The Labute approximate surface area is 110 Å². The quantitative estimate of drug-likeness (QED) is 0.648. The average molecular weight is 241 g/mol. The maximum Gasteiger partial charge on any atom is 0.119 e. The number of benzene rings is 2. The maximum atomic E-state index is 5.78. The fourth-order valence-corrected chi connectivity index (χ4v) is 2.14. The van der Waals surface area contributed by atoms with Crippen molar-refractivity contribution in [1.29, 1.82) is 0 Å². The van der Waals surface area contributed by atoms with Crippen molar-refractivity contribution < 1.29 is 4.74 Å². The normalized spacial score (nSPS) is 10.8. The highest BCUT2D eigenvalue weighted by Gasteiger charge is 1.99. The van der Waals surface area contributed by atoms with Crippen molar-refractivity contribution in [3.8, 4) is 5.75 Å². The molecule has 0 saturated carbocycles. The first-order valence-electron chi connectivity index (χ1n) is 6.79. The topological polar surface area (TPSA) is 9.23 Å². The van der Waals surface area contributed by atoms with E-state index in [1.165, 1.54) is 30.0 Å². The smallest absolute Gasteiger partial charge is 0.119 e. The van der Waals surface area contributed by atoms with Crippen LogP contribution in [0, 0.1) is 6.92 Å². The molecule has 0 unspecified atom stereocenters. The lowest BCUT2D eigenvalue weighted by Crippen LogP contribution is -1.97. The van der Waals surface area contributed by atoms with Gasteiger partial charge in [0.2, 0.25) is 0 Å². The zero-order chi connectivity index (χ0) is 12.8. The summed E-state index contributed by atoms with van der Waals surface area (Å²) in [5.74, 6) is 0.963. The predicted molar refractivity (Wildman–Crippen MR) is 78.0 cm³/mol. The van der Waals surface area contributed by atoms with Crippen LogP contribution in [0.3, 0.4) is 0 Å². The summed E-state index contributed by atoms with van der Waals surface area (Å²) in [7, 11) is 0. The number of hydrogen-bond acceptors (Lipinski definition) is 1. The third kappa shape index (κ3) is 3.25. The fraction of sp³-hybridized carbons (Fsp3) is 0.353. The molecule has 0 heterocycles. The van der Waals surface area contributed by atoms with Crippen molar-refractivity contribution in [1.82, 2.24) is 0 Å². The van der Waals surface area contributed by atoms with E-state index in [4.69, 9.17) is 4.74 Å². The molecule has 1 heteroatoms. The van der Waals surface area contributed by atoms with Crippen LogP contribution < -0.4 is 4.74 Å². The van der Waals surface area contributed by atoms with Gasteiger partial charge in [-0.15, -0.1) is 0 Å². The highest BCUT2D eigenvalue weighted by Crippen LogP contribution is 2.23. The second-order valence-corrected chi connectivity index (χ2v) is 4.71. The monoisotopic (exact) mass is 241 g/mol. The Hall–Kier alpha value is -1.50. The van der Waals surface area contributed by atoms with Gasteiger partial charge in [0.25, 0.3) is 0 Å². The van der Waals surface area contributed by atoms with Crippen molar-refractivity contribution in [2.24, 2.45) is 0 Å². The van der Waals surface area contributed by atoms with Gasteiger partial charge in [0.15, 0.2) is 0 Å². The van der Waals surface area contributed by atoms with Crippen molar-refractivity contribution in [3.63, 3.8) is 0 Å². The molecular formula is C17H21O. The fourth-order valence-electron chi connectivity index (χ4n) is 2.14. The molecule has 95 valence electrons. The summed E-state index contributed by atoms with van der Waals surface area (Å²) in [6, 6.07) is 12.4. The summed E-state index contributed by atoms with van der Waals surface area (Å²) < 4.78 is 5.78. The van der Waals surface area contributed by atoms with Gasteiger partial charge in [-0.25, -0.2) is 0 Å². The number of hydrogen-bond donors (Lipinski definition) is 0. The molecule has 2 aromatic carbocycles. The highest BCUT2D eigenvalue weighted by atomic mass is 16.5. The van der Waals surface area contributed by atoms with Crippen LogP contribution in [0.2, 0.25) is 0 Å². The predicted octanol–water partition coefficient (Wildman–Crippen LogP) is 4.98. The molecule has 18 heavy (non-hydrogen) atoms. The van der Waals surface area contributed by atoms with Crippen LogP contribution in [-0.4, -0.2) is 6.61 Å². The highest BCUT2D eigenvalue weighted by molar-refractivity contribution is 5.87. The molecule has 0 aliphatic heterocycles. The second-order valence-electron chi connectivity index (χ2n) is 4.71. The van der Waals surface area contributed by atoms with Crippen LogP contribution in [-0.2, 0) is 0 Å². The van der Waals surface area contributed by atoms with E-state index in [0.717, 1.165) is 24.3 Å². The van der Waals surface area contributed by atoms with E-state index in [2.05, 4.69) is 32.0 Å². The molecule has 0 aliphatic rings. The Kier molecular flexibility index (Phi) is 4.63. The number of unbranched alkanes of at least 4 members (excludes halogenated alkanes) is 3. The van der Waals surface area contributed by atoms with Gasteiger partial charge in [-0.05, 0) is 41.8 Å². The van der Waals surface area contributed by atoms with Crippen LogP contribution in [0.25, 0.3) is 10.8 Å². The van der Waals surface area contributed by atoms with Gasteiger partial charge in [-0.1, -0.05) is 50.5 Å². The summed E-state index contributed by atoms with van der Waals surface area (Å²) in [6.45, 7) is 7.07. The zero-order valence-corrected chi connectivity index (χ0v) is 11.1. The Morgan fingerprint density at radius 2 is 1.94 bits per heavy atom. The molecule has 1 nitrogen and oxygen atoms in total. The maximum absolute atomic E-state index is 5.78. The van der Waals surface area contributed by atoms with Crippen molar-refractivity contribution in [3.05, 3.63) is 48.9 Å². The first kappa shape index (κ1) is 12.9. The average Bonchev–Trinajstić information content (AvgIpc) is 2.39. The molecule has 1 radical (unpaired) electrons. The van der Waals surface area contributed by atoms with E-state index in [9.17, 15) is 0 Å². The van der Waals surface area contributed by atoms with E-state index in [1.54, 1.807) is 0 Å². The lowest BCUT2D eigenvalue weighted by molar-refractivity contribution is 0.305. The number of rotatable bonds is 6. The molecule has 2 rings (SSSR count). The van der Waals surface area contributed by atoms with Crippen molar-refractivity contribution in [2.75, 3.05) is 6.61 Å². The van der Waals surface area contributed by atoms with Gasteiger partial charge >= 0.3 is 0 Å². The van der Waals surface area contributed by atoms with Crippen LogP contribution in [0.15, 0.2) is 36.4 Å². The van der Waals surface area contributed by atoms with Crippen LogP contribution in [0.1, 0.15) is 38.2 Å². The summed E-state index contributed by atoms with van der Waals surface area (Å²) in [5.41, 5.74) is 1.07. The van der Waals surface area contributed by atoms with Crippen LogP contribution >= 0.6 is 0 Å². The van der Waals surface area contributed by atoms with Crippen LogP contribution in [0.5, 0.6) is 5.75 Å². The van der Waals surface area contributed by atoms with E-state index >= 15 is 0 Å². The summed E-state index contributed by atoms with van der Waals surface area (Å²) in [6.07, 6.45) is 4.96. The standard InChI is InChI=1S/C17H21O/c1-3-4-5-6-12-18-16-10-11-17-14(2)8-7-9-15(17)13-16/h7-11,13H,2-6,12H2,1H3. The van der Waals surface area contributed by atoms with Gasteiger partial charge < -0.3 is 4.74 Å². The van der Waals surface area contributed by atoms with Gasteiger partial charge in [-0.3, -0.25) is 0 Å². The number of ether oxygens (including phenoxy) is 1. The van der Waals surface area contributed by atoms with E-state index in [-0.39, 0.29) is 0 Å². The van der Waals surface area contributed by atoms with Gasteiger partial charge in [-0.2, -0.15) is 0 Å². The number of fused-ring (bicyclic) bond motifs is 1. The molecule has 0 saturated heterocycles. The molecule has 0 N–H and O–H groups in total. The summed E-state index contributed by atoms with van der Waals surface area (Å²) >= 11 is 0. The van der Waals surface area contributed by atoms with Crippen LogP contribution in [0.4, 0.5) is 0 Å². The molecule has 0 atom stereocenters. The largest absolute Gasteiger partial charge is 0.494 e. The van der Waals surface area contributed by atoms with Gasteiger partial charge in [0.05, 0.1) is 6.61 Å². The Balaban J connectivity index is 1.98. The van der Waals surface area contributed by atoms with E-state index in [0.29, 0.717) is 0 Å². The Bertz CT molecular complexity index is 502. The van der Waals surface area contributed by atoms with E-state index < -0.39 is 0 Å². The summed E-state index contributed by atoms with van der Waals surface area (Å²) in [5, 5.41) is 2.41. The molecule has 0 aromatic heterocycles. The molecule has 0 spiro atoms. The molecule has 0 bridgehead atoms. The van der Waals surface area contributed by atoms with Gasteiger partial charge in [0, 0.05) is 0 Å². The van der Waals surface area contributed by atoms with Gasteiger partial charge in [0.1, 0.15) is 5.75 Å². The summed E-state index contributed by atoms with van der Waals surface area (Å²) in [4.78, 5) is 0. The lowest BCUT2D eigenvalue weighted by Gasteiger charge is -2.08. The van der Waals surface area contributed by atoms with Crippen molar-refractivity contribution >= 4 is 10.8 Å². The minimum Gasteiger partial charge on any atom is -0.494 e. The molecule has 2 aromatic rings. The molecular weight excluding hydrogens is 220 g/mol. The Morgan fingerprint density at radius 3 is 2.78 bits per heavy atom. The second kappa shape index (κ2) is 6.44. The minimum atomic E-state index is 0.815. The molecule has 0 aliphatic carbocycles. The third-order valence-corrected chi connectivity index (χ3v) is 3.21. The third-order valence-electron chi connectivity index (χ3n) is 3.21. The lowest BCUT2D eigenvalue weighted by atomic mass is 10.1. The SMILES string of the molecule is [CH2]c1cccc2cc(OCCCCCC)ccc12. The molecule has 0 fully saturated rings. The first-order chi connectivity index (χ1) is 8.81. The zero-order valence-electron chi connectivity index (χ0n) is 11.1.